The molecule has 3 atom stereocenters. The van der Waals surface area contributed by atoms with Crippen molar-refractivity contribution in [3.8, 4) is 6.07 Å². The molecule has 2 N–H and O–H groups in total. The molecule has 0 spiro atoms. The number of carboxylic acid groups (broad SMARTS) is 1. The van der Waals surface area contributed by atoms with Crippen LogP contribution in [0.15, 0.2) is 65.6 Å². The zero-order chi connectivity index (χ0) is 27.2. The molecule has 2 unspecified atom stereocenters. The third-order valence-corrected chi connectivity index (χ3v) is 8.70. The van der Waals surface area contributed by atoms with Gasteiger partial charge in [0.2, 0.25) is 0 Å². The van der Waals surface area contributed by atoms with Crippen molar-refractivity contribution < 1.29 is 14.7 Å². The number of nitriles is 1. The number of carbonyl (C=O) groups excluding carboxylic acids is 1. The summed E-state index contributed by atoms with van der Waals surface area (Å²) < 4.78 is 0. The standard InChI is InChI=1S/C30H28Cl2N2O3S/c1-2-3-24(18-4-6-20(7-5-18)30(37)34-13-12-27(35)36)28(19-8-10-22(31)11-9-19)26-17-38-29-21(16-33)14-23(32)15-25(26)29/h4-11,14-15,24,26,28H,2-3,12-13,17H2,1H3,(H,34,37)(H,35,36)/t24-,26?,28?/m1/s1. The SMILES string of the molecule is CCC[C@H](c1ccc(C(=O)NCCC(=O)O)cc1)C(c1ccc(Cl)cc1)C1CSc2c(C#N)cc(Cl)cc21. The summed E-state index contributed by atoms with van der Waals surface area (Å²) >= 11 is 14.4. The molecule has 4 rings (SSSR count). The first-order valence-electron chi connectivity index (χ1n) is 12.5. The Kier molecular flexibility index (Phi) is 9.38. The molecule has 3 aromatic carbocycles. The quantitative estimate of drug-likeness (QED) is 0.263. The Morgan fingerprint density at radius 2 is 1.76 bits per heavy atom. The maximum absolute atomic E-state index is 12.5. The molecule has 1 amide bonds. The van der Waals surface area contributed by atoms with Crippen LogP contribution >= 0.6 is 35.0 Å². The summed E-state index contributed by atoms with van der Waals surface area (Å²) in [6, 6.07) is 21.6. The minimum absolute atomic E-state index is 0.0824. The van der Waals surface area contributed by atoms with Crippen LogP contribution in [0.5, 0.6) is 0 Å². The molecule has 0 bridgehead atoms. The molecule has 1 aliphatic rings. The fourth-order valence-electron chi connectivity index (χ4n) is 5.26. The van der Waals surface area contributed by atoms with Crippen LogP contribution in [0.1, 0.15) is 76.6 Å². The predicted octanol–water partition coefficient (Wildman–Crippen LogP) is 7.63. The molecule has 0 saturated carbocycles. The van der Waals surface area contributed by atoms with Gasteiger partial charge in [0.05, 0.1) is 12.0 Å². The molecule has 5 nitrogen and oxygen atoms in total. The number of amides is 1. The number of thioether (sulfide) groups is 1. The number of aliphatic carboxylic acids is 1. The second-order valence-corrected chi connectivity index (χ2v) is 11.3. The van der Waals surface area contributed by atoms with Crippen LogP contribution in [-0.4, -0.2) is 29.3 Å². The number of hydrogen-bond acceptors (Lipinski definition) is 4. The Labute approximate surface area is 237 Å². The molecular formula is C30H28Cl2N2O3S. The first-order chi connectivity index (χ1) is 18.3. The lowest BCUT2D eigenvalue weighted by Crippen LogP contribution is -2.26. The monoisotopic (exact) mass is 566 g/mol. The van der Waals surface area contributed by atoms with Crippen LogP contribution < -0.4 is 5.32 Å². The number of rotatable bonds is 10. The van der Waals surface area contributed by atoms with E-state index in [-0.39, 0.29) is 36.6 Å². The average molecular weight is 568 g/mol. The summed E-state index contributed by atoms with van der Waals surface area (Å²) in [7, 11) is 0. The van der Waals surface area contributed by atoms with E-state index in [9.17, 15) is 14.9 Å². The molecule has 8 heteroatoms. The van der Waals surface area contributed by atoms with Gasteiger partial charge in [-0.15, -0.1) is 11.8 Å². The van der Waals surface area contributed by atoms with Crippen LogP contribution in [-0.2, 0) is 4.79 Å². The highest BCUT2D eigenvalue weighted by atomic mass is 35.5. The fraction of sp³-hybridized carbons (Fsp3) is 0.300. The van der Waals surface area contributed by atoms with Crippen molar-refractivity contribution in [1.29, 1.82) is 5.26 Å². The number of nitrogens with zero attached hydrogens (tertiary/aromatic N) is 1. The van der Waals surface area contributed by atoms with Gasteiger partial charge < -0.3 is 10.4 Å². The van der Waals surface area contributed by atoms with Crippen molar-refractivity contribution in [1.82, 2.24) is 5.32 Å². The Morgan fingerprint density at radius 3 is 2.39 bits per heavy atom. The van der Waals surface area contributed by atoms with Gasteiger partial charge in [-0.05, 0) is 71.3 Å². The first-order valence-corrected chi connectivity index (χ1v) is 14.3. The lowest BCUT2D eigenvalue weighted by Gasteiger charge is -2.33. The molecule has 1 aliphatic heterocycles. The van der Waals surface area contributed by atoms with E-state index in [0.717, 1.165) is 34.6 Å². The Bertz CT molecular complexity index is 1350. The minimum Gasteiger partial charge on any atom is -0.481 e. The smallest absolute Gasteiger partial charge is 0.305 e. The van der Waals surface area contributed by atoms with E-state index in [2.05, 4.69) is 30.4 Å². The number of carbonyl (C=O) groups is 2. The minimum atomic E-state index is -0.953. The topological polar surface area (TPSA) is 90.2 Å². The number of benzene rings is 3. The normalized spacial score (nSPS) is 15.8. The third kappa shape index (κ3) is 6.35. The second kappa shape index (κ2) is 12.7. The lowest BCUT2D eigenvalue weighted by atomic mass is 9.70. The highest BCUT2D eigenvalue weighted by Crippen LogP contribution is 2.54. The van der Waals surface area contributed by atoms with Gasteiger partial charge in [0, 0.05) is 38.7 Å². The van der Waals surface area contributed by atoms with E-state index < -0.39 is 5.97 Å². The molecule has 1 heterocycles. The maximum Gasteiger partial charge on any atom is 0.305 e. The summed E-state index contributed by atoms with van der Waals surface area (Å²) in [6.07, 6.45) is 1.78. The number of hydrogen-bond donors (Lipinski definition) is 2. The number of halogens is 2. The second-order valence-electron chi connectivity index (χ2n) is 9.40. The van der Waals surface area contributed by atoms with Crippen molar-refractivity contribution in [2.24, 2.45) is 0 Å². The van der Waals surface area contributed by atoms with E-state index in [0.29, 0.717) is 21.2 Å². The van der Waals surface area contributed by atoms with Gasteiger partial charge in [0.1, 0.15) is 6.07 Å². The Morgan fingerprint density at radius 1 is 1.08 bits per heavy atom. The van der Waals surface area contributed by atoms with E-state index in [1.165, 1.54) is 5.56 Å². The molecule has 196 valence electrons. The molecule has 3 aromatic rings. The molecule has 0 aromatic heterocycles. The number of nitrogens with one attached hydrogen (secondary N) is 1. The number of fused-ring (bicyclic) bond motifs is 1. The largest absolute Gasteiger partial charge is 0.481 e. The van der Waals surface area contributed by atoms with Crippen molar-refractivity contribution in [2.75, 3.05) is 12.3 Å². The van der Waals surface area contributed by atoms with E-state index >= 15 is 0 Å². The van der Waals surface area contributed by atoms with Gasteiger partial charge >= 0.3 is 5.97 Å². The van der Waals surface area contributed by atoms with Gasteiger partial charge in [-0.1, -0.05) is 60.8 Å². The van der Waals surface area contributed by atoms with E-state index in [1.807, 2.05) is 30.3 Å². The molecule has 38 heavy (non-hydrogen) atoms. The van der Waals surface area contributed by atoms with Crippen LogP contribution in [0.3, 0.4) is 0 Å². The van der Waals surface area contributed by atoms with Crippen molar-refractivity contribution in [2.45, 2.75) is 48.8 Å². The van der Waals surface area contributed by atoms with Crippen molar-refractivity contribution in [3.05, 3.63) is 98.5 Å². The zero-order valence-electron chi connectivity index (χ0n) is 20.9. The highest BCUT2D eigenvalue weighted by Gasteiger charge is 2.38. The van der Waals surface area contributed by atoms with Crippen LogP contribution in [0.2, 0.25) is 10.0 Å². The van der Waals surface area contributed by atoms with Crippen molar-refractivity contribution >= 4 is 46.8 Å². The maximum atomic E-state index is 12.5. The summed E-state index contributed by atoms with van der Waals surface area (Å²) in [6.45, 7) is 2.25. The fourth-order valence-corrected chi connectivity index (χ4v) is 6.98. The van der Waals surface area contributed by atoms with Crippen LogP contribution in [0, 0.1) is 11.3 Å². The molecule has 0 aliphatic carbocycles. The molecule has 0 radical (unpaired) electrons. The third-order valence-electron chi connectivity index (χ3n) is 6.96. The van der Waals surface area contributed by atoms with Gasteiger partial charge in [-0.3, -0.25) is 9.59 Å². The van der Waals surface area contributed by atoms with E-state index in [4.69, 9.17) is 28.3 Å². The van der Waals surface area contributed by atoms with Crippen molar-refractivity contribution in [3.63, 3.8) is 0 Å². The Hall–Kier alpha value is -2.98. The van der Waals surface area contributed by atoms with Gasteiger partial charge in [-0.25, -0.2) is 0 Å². The molecule has 0 fully saturated rings. The van der Waals surface area contributed by atoms with Crippen LogP contribution in [0.4, 0.5) is 0 Å². The molecular weight excluding hydrogens is 539 g/mol. The average Bonchev–Trinajstić information content (AvgIpc) is 3.32. The van der Waals surface area contributed by atoms with Gasteiger partial charge in [0.15, 0.2) is 0 Å². The van der Waals surface area contributed by atoms with Gasteiger partial charge in [0.25, 0.3) is 5.91 Å². The van der Waals surface area contributed by atoms with Gasteiger partial charge in [-0.2, -0.15) is 5.26 Å². The summed E-state index contributed by atoms with van der Waals surface area (Å²) in [5, 5.41) is 22.4. The summed E-state index contributed by atoms with van der Waals surface area (Å²) in [4.78, 5) is 24.3. The van der Waals surface area contributed by atoms with Crippen LogP contribution in [0.25, 0.3) is 0 Å². The zero-order valence-corrected chi connectivity index (χ0v) is 23.2. The lowest BCUT2D eigenvalue weighted by molar-refractivity contribution is -0.136. The van der Waals surface area contributed by atoms with E-state index in [1.54, 1.807) is 30.0 Å². The Balaban J connectivity index is 1.72. The molecule has 0 saturated heterocycles. The number of carboxylic acids is 1. The highest BCUT2D eigenvalue weighted by molar-refractivity contribution is 7.99. The predicted molar refractivity (Wildman–Crippen MR) is 153 cm³/mol. The first kappa shape index (κ1) is 28.0. The summed E-state index contributed by atoms with van der Waals surface area (Å²) in [5.41, 5.74) is 4.49. The summed E-state index contributed by atoms with van der Waals surface area (Å²) in [5.74, 6) is -0.0304.